The quantitative estimate of drug-likeness (QED) is 0.688. The van der Waals surface area contributed by atoms with Gasteiger partial charge in [-0.15, -0.1) is 0 Å². The SMILES string of the molecule is CC(C)NC[C@@H](O)CON=C1c2ccccc2-c2ccccc21. The van der Waals surface area contributed by atoms with Crippen LogP contribution in [0.4, 0.5) is 0 Å². The van der Waals surface area contributed by atoms with E-state index in [0.717, 1.165) is 16.8 Å². The maximum absolute atomic E-state index is 9.91. The molecule has 120 valence electrons. The molecule has 0 aliphatic heterocycles. The highest BCUT2D eigenvalue weighted by Crippen LogP contribution is 2.36. The van der Waals surface area contributed by atoms with Crippen LogP contribution in [0.3, 0.4) is 0 Å². The van der Waals surface area contributed by atoms with Crippen molar-refractivity contribution in [1.29, 1.82) is 0 Å². The fourth-order valence-corrected chi connectivity index (χ4v) is 2.71. The number of aliphatic hydroxyl groups is 1. The van der Waals surface area contributed by atoms with Crippen LogP contribution in [0.25, 0.3) is 11.1 Å². The zero-order valence-corrected chi connectivity index (χ0v) is 13.5. The average Bonchev–Trinajstić information content (AvgIpc) is 2.88. The molecule has 2 aromatic rings. The molecule has 4 heteroatoms. The number of aliphatic hydroxyl groups excluding tert-OH is 1. The number of rotatable bonds is 6. The molecule has 0 heterocycles. The van der Waals surface area contributed by atoms with E-state index in [1.807, 2.05) is 50.2 Å². The Kier molecular flexibility index (Phi) is 4.74. The standard InChI is InChI=1S/C19H22N2O2/c1-13(2)20-11-14(22)12-23-21-19-17-9-5-3-7-15(17)16-8-4-6-10-18(16)19/h3-10,13-14,20,22H,11-12H2,1-2H3/t14-/m1/s1. The van der Waals surface area contributed by atoms with Gasteiger partial charge in [0.1, 0.15) is 18.4 Å². The molecule has 1 aliphatic rings. The van der Waals surface area contributed by atoms with Crippen LogP contribution in [-0.2, 0) is 4.84 Å². The first-order chi connectivity index (χ1) is 11.2. The second-order valence-corrected chi connectivity index (χ2v) is 6.04. The summed E-state index contributed by atoms with van der Waals surface area (Å²) in [5.41, 5.74) is 5.33. The minimum absolute atomic E-state index is 0.174. The van der Waals surface area contributed by atoms with E-state index in [4.69, 9.17) is 4.84 Å². The van der Waals surface area contributed by atoms with Crippen molar-refractivity contribution >= 4 is 5.71 Å². The summed E-state index contributed by atoms with van der Waals surface area (Å²) in [7, 11) is 0. The molecule has 0 amide bonds. The van der Waals surface area contributed by atoms with E-state index >= 15 is 0 Å². The Bertz CT molecular complexity index is 663. The normalized spacial score (nSPS) is 13.7. The van der Waals surface area contributed by atoms with Gasteiger partial charge in [-0.3, -0.25) is 0 Å². The van der Waals surface area contributed by atoms with Crippen molar-refractivity contribution in [2.75, 3.05) is 13.2 Å². The lowest BCUT2D eigenvalue weighted by Gasteiger charge is -2.13. The van der Waals surface area contributed by atoms with E-state index in [-0.39, 0.29) is 6.61 Å². The van der Waals surface area contributed by atoms with Crippen molar-refractivity contribution in [3.63, 3.8) is 0 Å². The molecule has 1 aliphatic carbocycles. The van der Waals surface area contributed by atoms with Crippen molar-refractivity contribution < 1.29 is 9.94 Å². The number of hydrogen-bond acceptors (Lipinski definition) is 4. The minimum atomic E-state index is -0.575. The first kappa shape index (κ1) is 15.7. The smallest absolute Gasteiger partial charge is 0.144 e. The van der Waals surface area contributed by atoms with E-state index in [1.165, 1.54) is 11.1 Å². The molecule has 2 N–H and O–H groups in total. The molecule has 1 atom stereocenters. The maximum Gasteiger partial charge on any atom is 0.144 e. The Morgan fingerprint density at radius 1 is 0.957 bits per heavy atom. The van der Waals surface area contributed by atoms with Crippen molar-refractivity contribution in [2.24, 2.45) is 5.16 Å². The lowest BCUT2D eigenvalue weighted by atomic mass is 10.1. The van der Waals surface area contributed by atoms with E-state index in [2.05, 4.69) is 22.6 Å². The monoisotopic (exact) mass is 310 g/mol. The molecular formula is C19H22N2O2. The lowest BCUT2D eigenvalue weighted by molar-refractivity contribution is 0.0396. The van der Waals surface area contributed by atoms with Crippen LogP contribution >= 0.6 is 0 Å². The largest absolute Gasteiger partial charge is 0.392 e. The van der Waals surface area contributed by atoms with Gasteiger partial charge < -0.3 is 15.3 Å². The summed E-state index contributed by atoms with van der Waals surface area (Å²) in [6.07, 6.45) is -0.575. The van der Waals surface area contributed by atoms with Crippen molar-refractivity contribution in [3.05, 3.63) is 59.7 Å². The molecule has 0 radical (unpaired) electrons. The average molecular weight is 310 g/mol. The molecule has 2 aromatic carbocycles. The topological polar surface area (TPSA) is 53.8 Å². The fourth-order valence-electron chi connectivity index (χ4n) is 2.71. The van der Waals surface area contributed by atoms with Crippen LogP contribution in [0.2, 0.25) is 0 Å². The number of nitrogens with zero attached hydrogens (tertiary/aromatic N) is 1. The summed E-state index contributed by atoms with van der Waals surface area (Å²) in [5.74, 6) is 0. The maximum atomic E-state index is 9.91. The van der Waals surface area contributed by atoms with Crippen LogP contribution < -0.4 is 5.32 Å². The molecule has 0 saturated carbocycles. The molecular weight excluding hydrogens is 288 g/mol. The van der Waals surface area contributed by atoms with Crippen LogP contribution in [-0.4, -0.2) is 36.1 Å². The number of hydrogen-bond donors (Lipinski definition) is 2. The van der Waals surface area contributed by atoms with E-state index in [9.17, 15) is 5.11 Å². The molecule has 4 nitrogen and oxygen atoms in total. The second kappa shape index (κ2) is 6.94. The first-order valence-electron chi connectivity index (χ1n) is 7.97. The predicted octanol–water partition coefficient (Wildman–Crippen LogP) is 2.79. The summed E-state index contributed by atoms with van der Waals surface area (Å²) >= 11 is 0. The van der Waals surface area contributed by atoms with Gasteiger partial charge in [-0.05, 0) is 11.1 Å². The highest BCUT2D eigenvalue weighted by Gasteiger charge is 2.24. The van der Waals surface area contributed by atoms with Crippen LogP contribution in [0, 0.1) is 0 Å². The summed E-state index contributed by atoms with van der Waals surface area (Å²) in [5, 5.41) is 17.4. The van der Waals surface area contributed by atoms with Crippen LogP contribution in [0.1, 0.15) is 25.0 Å². The van der Waals surface area contributed by atoms with Gasteiger partial charge in [-0.2, -0.15) is 0 Å². The zero-order valence-electron chi connectivity index (χ0n) is 13.5. The van der Waals surface area contributed by atoms with Crippen LogP contribution in [0.15, 0.2) is 53.7 Å². The number of nitrogens with one attached hydrogen (secondary N) is 1. The number of fused-ring (bicyclic) bond motifs is 3. The summed E-state index contributed by atoms with van der Waals surface area (Å²) in [4.78, 5) is 5.42. The van der Waals surface area contributed by atoms with Gasteiger partial charge in [-0.25, -0.2) is 0 Å². The third-order valence-corrected chi connectivity index (χ3v) is 3.84. The van der Waals surface area contributed by atoms with Crippen LogP contribution in [0.5, 0.6) is 0 Å². The predicted molar refractivity (Wildman–Crippen MR) is 92.6 cm³/mol. The summed E-state index contributed by atoms with van der Waals surface area (Å²) in [6, 6.07) is 16.7. The second-order valence-electron chi connectivity index (χ2n) is 6.04. The highest BCUT2D eigenvalue weighted by molar-refractivity contribution is 6.24. The Balaban J connectivity index is 1.75. The van der Waals surface area contributed by atoms with Gasteiger partial charge in [0.05, 0.1) is 0 Å². The Morgan fingerprint density at radius 2 is 1.48 bits per heavy atom. The summed E-state index contributed by atoms with van der Waals surface area (Å²) in [6.45, 7) is 4.75. The van der Waals surface area contributed by atoms with Gasteiger partial charge >= 0.3 is 0 Å². The molecule has 0 bridgehead atoms. The van der Waals surface area contributed by atoms with E-state index in [0.29, 0.717) is 12.6 Å². The van der Waals surface area contributed by atoms with E-state index in [1.54, 1.807) is 0 Å². The molecule has 0 aromatic heterocycles. The molecule has 0 saturated heterocycles. The molecule has 0 unspecified atom stereocenters. The number of oxime groups is 1. The highest BCUT2D eigenvalue weighted by atomic mass is 16.6. The van der Waals surface area contributed by atoms with Crippen molar-refractivity contribution in [2.45, 2.75) is 26.0 Å². The zero-order chi connectivity index (χ0) is 16.2. The molecule has 0 spiro atoms. The van der Waals surface area contributed by atoms with Gasteiger partial charge in [0.2, 0.25) is 0 Å². The molecule has 0 fully saturated rings. The van der Waals surface area contributed by atoms with Gasteiger partial charge in [0.15, 0.2) is 0 Å². The van der Waals surface area contributed by atoms with Gasteiger partial charge in [0.25, 0.3) is 0 Å². The van der Waals surface area contributed by atoms with Crippen molar-refractivity contribution in [1.82, 2.24) is 5.32 Å². The number of benzene rings is 2. The van der Waals surface area contributed by atoms with Gasteiger partial charge in [-0.1, -0.05) is 67.5 Å². The minimum Gasteiger partial charge on any atom is -0.392 e. The van der Waals surface area contributed by atoms with E-state index < -0.39 is 6.10 Å². The first-order valence-corrected chi connectivity index (χ1v) is 7.97. The fraction of sp³-hybridized carbons (Fsp3) is 0.316. The van der Waals surface area contributed by atoms with Gasteiger partial charge in [0, 0.05) is 23.7 Å². The third kappa shape index (κ3) is 3.44. The Hall–Kier alpha value is -2.17. The summed E-state index contributed by atoms with van der Waals surface area (Å²) < 4.78 is 0. The third-order valence-electron chi connectivity index (χ3n) is 3.84. The molecule has 3 rings (SSSR count). The lowest BCUT2D eigenvalue weighted by Crippen LogP contribution is -2.34. The Morgan fingerprint density at radius 3 is 2.00 bits per heavy atom. The Labute approximate surface area is 136 Å². The van der Waals surface area contributed by atoms with Crippen molar-refractivity contribution in [3.8, 4) is 11.1 Å². The molecule has 23 heavy (non-hydrogen) atoms.